The van der Waals surface area contributed by atoms with Gasteiger partial charge in [0.25, 0.3) is 5.56 Å². The summed E-state index contributed by atoms with van der Waals surface area (Å²) < 4.78 is 3.19. The summed E-state index contributed by atoms with van der Waals surface area (Å²) in [6.45, 7) is 6.72. The van der Waals surface area contributed by atoms with Crippen LogP contribution >= 0.6 is 0 Å². The molecule has 0 saturated heterocycles. The Morgan fingerprint density at radius 2 is 2.12 bits per heavy atom. The molecule has 17 heavy (non-hydrogen) atoms. The highest BCUT2D eigenvalue weighted by molar-refractivity contribution is 5.17. The molecule has 2 rings (SSSR count). The molecule has 0 aliphatic carbocycles. The topological polar surface area (TPSA) is 52.7 Å². The van der Waals surface area contributed by atoms with Gasteiger partial charge in [0.05, 0.1) is 5.69 Å². The van der Waals surface area contributed by atoms with Crippen LogP contribution in [0.15, 0.2) is 29.5 Å². The van der Waals surface area contributed by atoms with Crippen molar-refractivity contribution in [2.75, 3.05) is 0 Å². The summed E-state index contributed by atoms with van der Waals surface area (Å²) in [6.07, 6.45) is 5.09. The van der Waals surface area contributed by atoms with Gasteiger partial charge in [0.1, 0.15) is 0 Å². The zero-order valence-corrected chi connectivity index (χ0v) is 10.3. The average molecular weight is 232 g/mol. The van der Waals surface area contributed by atoms with Gasteiger partial charge in [-0.25, -0.2) is 9.67 Å². The van der Waals surface area contributed by atoms with Gasteiger partial charge in [-0.1, -0.05) is 13.8 Å². The second-order valence-corrected chi connectivity index (χ2v) is 4.50. The standard InChI is InChI=1S/C12H16N4O/c1-9(2)8-15-7-5-13-11(12(15)17)16-6-4-10(3)14-16/h4-7,9H,8H2,1-3H3. The van der Waals surface area contributed by atoms with E-state index in [1.807, 2.05) is 13.0 Å². The third kappa shape index (κ3) is 2.43. The quantitative estimate of drug-likeness (QED) is 0.803. The molecule has 0 aromatic carbocycles. The lowest BCUT2D eigenvalue weighted by Gasteiger charge is -2.09. The predicted octanol–water partition coefficient (Wildman–Crippen LogP) is 1.39. The predicted molar refractivity (Wildman–Crippen MR) is 65.2 cm³/mol. The van der Waals surface area contributed by atoms with Crippen LogP contribution in [-0.4, -0.2) is 19.3 Å². The summed E-state index contributed by atoms with van der Waals surface area (Å²) in [6, 6.07) is 1.85. The maximum atomic E-state index is 12.2. The fraction of sp³-hybridized carbons (Fsp3) is 0.417. The zero-order chi connectivity index (χ0) is 12.4. The van der Waals surface area contributed by atoms with Crippen molar-refractivity contribution in [2.45, 2.75) is 27.3 Å². The highest BCUT2D eigenvalue weighted by atomic mass is 16.1. The van der Waals surface area contributed by atoms with Crippen LogP contribution in [0.5, 0.6) is 0 Å². The van der Waals surface area contributed by atoms with E-state index in [1.54, 1.807) is 23.2 Å². The second kappa shape index (κ2) is 4.53. The molecule has 90 valence electrons. The van der Waals surface area contributed by atoms with Crippen LogP contribution in [0, 0.1) is 12.8 Å². The molecular weight excluding hydrogens is 216 g/mol. The van der Waals surface area contributed by atoms with Gasteiger partial charge in [0.2, 0.25) is 5.82 Å². The summed E-state index contributed by atoms with van der Waals surface area (Å²) >= 11 is 0. The van der Waals surface area contributed by atoms with E-state index in [0.717, 1.165) is 5.69 Å². The minimum Gasteiger partial charge on any atom is -0.310 e. The highest BCUT2D eigenvalue weighted by Gasteiger charge is 2.08. The van der Waals surface area contributed by atoms with E-state index in [1.165, 1.54) is 4.68 Å². The highest BCUT2D eigenvalue weighted by Crippen LogP contribution is 2.00. The summed E-state index contributed by atoms with van der Waals surface area (Å²) in [5, 5.41) is 4.20. The van der Waals surface area contributed by atoms with Crippen molar-refractivity contribution in [3.05, 3.63) is 40.7 Å². The Morgan fingerprint density at radius 1 is 1.35 bits per heavy atom. The molecule has 0 spiro atoms. The molecule has 0 aliphatic rings. The van der Waals surface area contributed by atoms with Crippen LogP contribution < -0.4 is 5.56 Å². The van der Waals surface area contributed by atoms with Gasteiger partial charge in [-0.15, -0.1) is 0 Å². The Hall–Kier alpha value is -1.91. The third-order valence-corrected chi connectivity index (χ3v) is 2.40. The molecule has 2 aromatic rings. The van der Waals surface area contributed by atoms with E-state index in [9.17, 15) is 4.79 Å². The van der Waals surface area contributed by atoms with Crippen LogP contribution in [0.25, 0.3) is 5.82 Å². The van der Waals surface area contributed by atoms with E-state index >= 15 is 0 Å². The van der Waals surface area contributed by atoms with E-state index in [4.69, 9.17) is 0 Å². The van der Waals surface area contributed by atoms with Gasteiger partial charge in [-0.2, -0.15) is 5.10 Å². The smallest absolute Gasteiger partial charge is 0.295 e. The fourth-order valence-electron chi connectivity index (χ4n) is 1.66. The van der Waals surface area contributed by atoms with Crippen LogP contribution in [-0.2, 0) is 6.54 Å². The molecular formula is C12H16N4O. The molecule has 0 bridgehead atoms. The number of aromatic nitrogens is 4. The number of hydrogen-bond acceptors (Lipinski definition) is 3. The van der Waals surface area contributed by atoms with Gasteiger partial charge >= 0.3 is 0 Å². The molecule has 5 nitrogen and oxygen atoms in total. The molecule has 0 radical (unpaired) electrons. The minimum atomic E-state index is -0.107. The summed E-state index contributed by atoms with van der Waals surface area (Å²) in [4.78, 5) is 16.3. The Kier molecular flexibility index (Phi) is 3.08. The Morgan fingerprint density at radius 3 is 2.71 bits per heavy atom. The monoisotopic (exact) mass is 232 g/mol. The lowest BCUT2D eigenvalue weighted by atomic mass is 10.2. The van der Waals surface area contributed by atoms with Crippen molar-refractivity contribution in [1.82, 2.24) is 19.3 Å². The molecule has 0 aliphatic heterocycles. The minimum absolute atomic E-state index is 0.107. The van der Waals surface area contributed by atoms with Crippen molar-refractivity contribution in [3.8, 4) is 5.82 Å². The van der Waals surface area contributed by atoms with Crippen molar-refractivity contribution < 1.29 is 0 Å². The van der Waals surface area contributed by atoms with Crippen molar-refractivity contribution in [1.29, 1.82) is 0 Å². The Bertz CT molecular complexity index is 568. The average Bonchev–Trinajstić information content (AvgIpc) is 2.67. The number of aryl methyl sites for hydroxylation is 1. The van der Waals surface area contributed by atoms with Crippen LogP contribution in [0.4, 0.5) is 0 Å². The van der Waals surface area contributed by atoms with Gasteiger partial charge in [0, 0.05) is 25.1 Å². The van der Waals surface area contributed by atoms with E-state index < -0.39 is 0 Å². The summed E-state index contributed by atoms with van der Waals surface area (Å²) in [7, 11) is 0. The molecule has 0 saturated carbocycles. The second-order valence-electron chi connectivity index (χ2n) is 4.50. The molecule has 0 N–H and O–H groups in total. The van der Waals surface area contributed by atoms with Gasteiger partial charge < -0.3 is 4.57 Å². The third-order valence-electron chi connectivity index (χ3n) is 2.40. The first-order valence-electron chi connectivity index (χ1n) is 5.66. The molecule has 0 amide bonds. The van der Waals surface area contributed by atoms with Gasteiger partial charge in [-0.05, 0) is 18.9 Å². The molecule has 5 heteroatoms. The molecule has 2 heterocycles. The van der Waals surface area contributed by atoms with Crippen LogP contribution in [0.1, 0.15) is 19.5 Å². The lowest BCUT2D eigenvalue weighted by Crippen LogP contribution is -2.27. The number of hydrogen-bond donors (Lipinski definition) is 0. The first-order valence-corrected chi connectivity index (χ1v) is 5.66. The Labute approximate surface area is 99.7 Å². The maximum absolute atomic E-state index is 12.2. The Balaban J connectivity index is 2.46. The van der Waals surface area contributed by atoms with E-state index in [0.29, 0.717) is 18.3 Å². The van der Waals surface area contributed by atoms with Gasteiger partial charge in [-0.3, -0.25) is 4.79 Å². The molecule has 0 unspecified atom stereocenters. The number of nitrogens with zero attached hydrogens (tertiary/aromatic N) is 4. The van der Waals surface area contributed by atoms with Crippen molar-refractivity contribution in [3.63, 3.8) is 0 Å². The van der Waals surface area contributed by atoms with Crippen LogP contribution in [0.3, 0.4) is 0 Å². The first kappa shape index (κ1) is 11.6. The molecule has 0 fully saturated rings. The number of rotatable bonds is 3. The summed E-state index contributed by atoms with van der Waals surface area (Å²) in [5.74, 6) is 0.767. The zero-order valence-electron chi connectivity index (χ0n) is 10.3. The summed E-state index contributed by atoms with van der Waals surface area (Å²) in [5.41, 5.74) is 0.759. The largest absolute Gasteiger partial charge is 0.310 e. The molecule has 0 atom stereocenters. The van der Waals surface area contributed by atoms with Crippen LogP contribution in [0.2, 0.25) is 0 Å². The van der Waals surface area contributed by atoms with Crippen molar-refractivity contribution in [2.24, 2.45) is 5.92 Å². The van der Waals surface area contributed by atoms with E-state index in [2.05, 4.69) is 23.9 Å². The molecule has 2 aromatic heterocycles. The normalized spacial score (nSPS) is 11.1. The first-order chi connectivity index (χ1) is 8.08. The van der Waals surface area contributed by atoms with Gasteiger partial charge in [0.15, 0.2) is 0 Å². The fourth-order valence-corrected chi connectivity index (χ4v) is 1.66. The van der Waals surface area contributed by atoms with Crippen molar-refractivity contribution >= 4 is 0 Å². The lowest BCUT2D eigenvalue weighted by molar-refractivity contribution is 0.506. The van der Waals surface area contributed by atoms with E-state index in [-0.39, 0.29) is 5.56 Å². The maximum Gasteiger partial charge on any atom is 0.295 e. The SMILES string of the molecule is Cc1ccn(-c2nccn(CC(C)C)c2=O)n1.